The minimum absolute atomic E-state index is 0.141. The summed E-state index contributed by atoms with van der Waals surface area (Å²) < 4.78 is 13.8. The number of nitro groups is 1. The van der Waals surface area contributed by atoms with Gasteiger partial charge in [0, 0.05) is 18.2 Å². The lowest BCUT2D eigenvalue weighted by molar-refractivity contribution is -0.385. The molecule has 1 aliphatic carbocycles. The molecule has 1 amide bonds. The first-order valence-corrected chi connectivity index (χ1v) is 6.99. The predicted molar refractivity (Wildman–Crippen MR) is 75.4 cm³/mol. The van der Waals surface area contributed by atoms with Gasteiger partial charge in [-0.1, -0.05) is 19.3 Å². The maximum absolute atomic E-state index is 13.8. The molecule has 6 nitrogen and oxygen atoms in total. The van der Waals surface area contributed by atoms with Gasteiger partial charge in [-0.15, -0.1) is 0 Å². The molecule has 0 aromatic heterocycles. The fourth-order valence-electron chi connectivity index (χ4n) is 2.56. The zero-order valence-electron chi connectivity index (χ0n) is 11.5. The van der Waals surface area contributed by atoms with Crippen molar-refractivity contribution in [3.63, 3.8) is 0 Å². The molecule has 1 aromatic carbocycles. The molecule has 0 radical (unpaired) electrons. The fourth-order valence-corrected chi connectivity index (χ4v) is 2.56. The van der Waals surface area contributed by atoms with Crippen LogP contribution in [-0.2, 0) is 0 Å². The fraction of sp³-hybridized carbons (Fsp3) is 0.500. The van der Waals surface area contributed by atoms with E-state index in [0.29, 0.717) is 0 Å². The van der Waals surface area contributed by atoms with E-state index >= 15 is 0 Å². The zero-order valence-corrected chi connectivity index (χ0v) is 11.5. The molecule has 1 aliphatic rings. The first-order valence-electron chi connectivity index (χ1n) is 6.99. The van der Waals surface area contributed by atoms with Gasteiger partial charge in [0.2, 0.25) is 0 Å². The molecule has 1 saturated carbocycles. The minimum atomic E-state index is -0.899. The van der Waals surface area contributed by atoms with Crippen molar-refractivity contribution in [3.8, 4) is 0 Å². The molecule has 0 heterocycles. The molecule has 21 heavy (non-hydrogen) atoms. The summed E-state index contributed by atoms with van der Waals surface area (Å²) in [5.74, 6) is -1.48. The van der Waals surface area contributed by atoms with Gasteiger partial charge >= 0.3 is 0 Å². The number of nitrogens with one attached hydrogen (secondary N) is 1. The average molecular weight is 295 g/mol. The Hall–Kier alpha value is -2.02. The van der Waals surface area contributed by atoms with Crippen LogP contribution in [0, 0.1) is 15.9 Å². The second kappa shape index (κ2) is 6.62. The third-order valence-electron chi connectivity index (χ3n) is 3.79. The van der Waals surface area contributed by atoms with Crippen molar-refractivity contribution < 1.29 is 14.1 Å². The third-order valence-corrected chi connectivity index (χ3v) is 3.79. The second-order valence-electron chi connectivity index (χ2n) is 5.30. The van der Waals surface area contributed by atoms with Crippen molar-refractivity contribution in [1.29, 1.82) is 0 Å². The van der Waals surface area contributed by atoms with Gasteiger partial charge in [-0.25, -0.2) is 4.39 Å². The molecule has 114 valence electrons. The van der Waals surface area contributed by atoms with Crippen molar-refractivity contribution in [2.24, 2.45) is 5.73 Å². The number of nitrogens with two attached hydrogens (primary N) is 1. The van der Waals surface area contributed by atoms with Crippen LogP contribution in [0.4, 0.5) is 10.1 Å². The summed E-state index contributed by atoms with van der Waals surface area (Å²) in [6, 6.07) is 2.67. The first-order chi connectivity index (χ1) is 9.99. The van der Waals surface area contributed by atoms with E-state index in [9.17, 15) is 19.3 Å². The van der Waals surface area contributed by atoms with Gasteiger partial charge in [0.15, 0.2) is 0 Å². The summed E-state index contributed by atoms with van der Waals surface area (Å²) in [7, 11) is 0. The maximum Gasteiger partial charge on any atom is 0.272 e. The summed E-state index contributed by atoms with van der Waals surface area (Å²) in [6.07, 6.45) is 4.67. The lowest BCUT2D eigenvalue weighted by Crippen LogP contribution is -2.47. The summed E-state index contributed by atoms with van der Waals surface area (Å²) in [4.78, 5) is 21.9. The molecule has 0 aliphatic heterocycles. The molecule has 1 fully saturated rings. The second-order valence-corrected chi connectivity index (χ2v) is 5.30. The summed E-state index contributed by atoms with van der Waals surface area (Å²) in [6.45, 7) is 0. The number of hydrogen-bond acceptors (Lipinski definition) is 4. The third kappa shape index (κ3) is 3.75. The summed E-state index contributed by atoms with van der Waals surface area (Å²) in [5.41, 5.74) is 5.43. The number of benzene rings is 1. The Bertz CT molecular complexity index is 550. The molecule has 1 aromatic rings. The Balaban J connectivity index is 2.11. The monoisotopic (exact) mass is 295 g/mol. The van der Waals surface area contributed by atoms with Crippen LogP contribution in [0.15, 0.2) is 18.2 Å². The SMILES string of the molecule is NC1CCCCCC1NC(=O)c1ccc([N+](=O)[O-])cc1F. The van der Waals surface area contributed by atoms with Crippen molar-refractivity contribution >= 4 is 11.6 Å². The van der Waals surface area contributed by atoms with Crippen molar-refractivity contribution in [2.45, 2.75) is 44.2 Å². The minimum Gasteiger partial charge on any atom is -0.348 e. The van der Waals surface area contributed by atoms with Crippen LogP contribution < -0.4 is 11.1 Å². The quantitative estimate of drug-likeness (QED) is 0.507. The van der Waals surface area contributed by atoms with Crippen molar-refractivity contribution in [3.05, 3.63) is 39.7 Å². The number of hydrogen-bond donors (Lipinski definition) is 2. The van der Waals surface area contributed by atoms with E-state index in [1.54, 1.807) is 0 Å². The molecule has 3 N–H and O–H groups in total. The van der Waals surface area contributed by atoms with Gasteiger partial charge in [-0.2, -0.15) is 0 Å². The molecule has 0 spiro atoms. The Morgan fingerprint density at radius 3 is 2.71 bits per heavy atom. The number of nitrogens with zero attached hydrogens (tertiary/aromatic N) is 1. The van der Waals surface area contributed by atoms with E-state index in [4.69, 9.17) is 5.73 Å². The van der Waals surface area contributed by atoms with Crippen LogP contribution in [0.2, 0.25) is 0 Å². The topological polar surface area (TPSA) is 98.3 Å². The van der Waals surface area contributed by atoms with Gasteiger partial charge in [0.1, 0.15) is 5.82 Å². The molecule has 0 bridgehead atoms. The number of carbonyl (C=O) groups excluding carboxylic acids is 1. The van der Waals surface area contributed by atoms with E-state index in [1.165, 1.54) is 0 Å². The molecular weight excluding hydrogens is 277 g/mol. The van der Waals surface area contributed by atoms with Gasteiger partial charge in [0.05, 0.1) is 16.6 Å². The van der Waals surface area contributed by atoms with E-state index in [0.717, 1.165) is 50.3 Å². The first kappa shape index (κ1) is 15.4. The smallest absolute Gasteiger partial charge is 0.272 e. The lowest BCUT2D eigenvalue weighted by Gasteiger charge is -2.22. The summed E-state index contributed by atoms with van der Waals surface area (Å²) in [5, 5.41) is 13.3. The normalized spacial score (nSPS) is 22.4. The molecule has 2 rings (SSSR count). The molecule has 2 unspecified atom stereocenters. The molecular formula is C14H18FN3O3. The number of carbonyl (C=O) groups is 1. The van der Waals surface area contributed by atoms with E-state index in [1.807, 2.05) is 0 Å². The van der Waals surface area contributed by atoms with E-state index < -0.39 is 16.6 Å². The van der Waals surface area contributed by atoms with Gasteiger partial charge in [-0.3, -0.25) is 14.9 Å². The van der Waals surface area contributed by atoms with Crippen LogP contribution in [0.25, 0.3) is 0 Å². The number of non-ortho nitro benzene ring substituents is 1. The highest BCUT2D eigenvalue weighted by molar-refractivity contribution is 5.94. The molecule has 0 saturated heterocycles. The zero-order chi connectivity index (χ0) is 15.4. The molecule has 2 atom stereocenters. The summed E-state index contributed by atoms with van der Waals surface area (Å²) >= 11 is 0. The van der Waals surface area contributed by atoms with Crippen LogP contribution in [-0.4, -0.2) is 22.9 Å². The van der Waals surface area contributed by atoms with Gasteiger partial charge in [-0.05, 0) is 18.9 Å². The average Bonchev–Trinajstić information content (AvgIpc) is 2.63. The number of amides is 1. The van der Waals surface area contributed by atoms with E-state index in [2.05, 4.69) is 5.32 Å². The number of nitro benzene ring substituents is 1. The largest absolute Gasteiger partial charge is 0.348 e. The number of halogens is 1. The Labute approximate surface area is 121 Å². The van der Waals surface area contributed by atoms with Crippen molar-refractivity contribution in [1.82, 2.24) is 5.32 Å². The number of rotatable bonds is 3. The predicted octanol–water partition coefficient (Wildman–Crippen LogP) is 2.12. The highest BCUT2D eigenvalue weighted by Crippen LogP contribution is 2.19. The van der Waals surface area contributed by atoms with E-state index in [-0.39, 0.29) is 23.3 Å². The van der Waals surface area contributed by atoms with Crippen LogP contribution in [0.5, 0.6) is 0 Å². The lowest BCUT2D eigenvalue weighted by atomic mass is 10.0. The van der Waals surface area contributed by atoms with Crippen LogP contribution in [0.1, 0.15) is 42.5 Å². The highest BCUT2D eigenvalue weighted by atomic mass is 19.1. The Morgan fingerprint density at radius 1 is 1.33 bits per heavy atom. The van der Waals surface area contributed by atoms with Gasteiger partial charge in [0.25, 0.3) is 11.6 Å². The van der Waals surface area contributed by atoms with Crippen molar-refractivity contribution in [2.75, 3.05) is 0 Å². The highest BCUT2D eigenvalue weighted by Gasteiger charge is 2.24. The maximum atomic E-state index is 13.8. The van der Waals surface area contributed by atoms with Gasteiger partial charge < -0.3 is 11.1 Å². The molecule has 7 heteroatoms. The van der Waals surface area contributed by atoms with Crippen LogP contribution in [0.3, 0.4) is 0 Å². The Kier molecular flexibility index (Phi) is 4.85. The van der Waals surface area contributed by atoms with Crippen LogP contribution >= 0.6 is 0 Å². The standard InChI is InChI=1S/C14H18FN3O3/c15-11-8-9(18(20)21)6-7-10(11)14(19)17-13-5-3-1-2-4-12(13)16/h6-8,12-13H,1-5,16H2,(H,17,19). The Morgan fingerprint density at radius 2 is 2.05 bits per heavy atom.